The molecular formula is C14H19NO2. The average Bonchev–Trinajstić information content (AvgIpc) is 2.25. The topological polar surface area (TPSA) is 52.3 Å². The van der Waals surface area contributed by atoms with Crippen LogP contribution in [-0.4, -0.2) is 12.6 Å². The van der Waals surface area contributed by atoms with E-state index in [0.29, 0.717) is 18.2 Å². The molecule has 0 aliphatic heterocycles. The van der Waals surface area contributed by atoms with E-state index in [2.05, 4.69) is 0 Å². The molecule has 92 valence electrons. The molecule has 0 spiro atoms. The molecule has 1 saturated carbocycles. The Labute approximate surface area is 102 Å². The van der Waals surface area contributed by atoms with Gasteiger partial charge in [0.2, 0.25) is 0 Å². The summed E-state index contributed by atoms with van der Waals surface area (Å²) < 4.78 is 5.32. The number of carbonyl (C=O) groups excluding carboxylic acids is 1. The van der Waals surface area contributed by atoms with Gasteiger partial charge in [0.25, 0.3) is 0 Å². The highest BCUT2D eigenvalue weighted by Gasteiger charge is 2.22. The predicted molar refractivity (Wildman–Crippen MR) is 67.6 cm³/mol. The first-order valence-electron chi connectivity index (χ1n) is 6.19. The summed E-state index contributed by atoms with van der Waals surface area (Å²) in [4.78, 5) is 11.8. The number of nitrogen functional groups attached to an aromatic ring is 1. The fraction of sp³-hybridized carbons (Fsp3) is 0.500. The molecule has 2 N–H and O–H groups in total. The zero-order chi connectivity index (χ0) is 12.3. The molecule has 1 aromatic rings. The molecule has 0 heterocycles. The lowest BCUT2D eigenvalue weighted by atomic mass is 9.86. The van der Waals surface area contributed by atoms with Crippen molar-refractivity contribution in [1.29, 1.82) is 0 Å². The van der Waals surface area contributed by atoms with E-state index in [1.165, 1.54) is 19.3 Å². The second-order valence-electron chi connectivity index (χ2n) is 4.82. The molecule has 1 aromatic carbocycles. The number of benzene rings is 1. The van der Waals surface area contributed by atoms with Crippen LogP contribution in [0.1, 0.15) is 37.7 Å². The van der Waals surface area contributed by atoms with E-state index in [1.807, 2.05) is 31.2 Å². The maximum absolute atomic E-state index is 11.8. The Balaban J connectivity index is 1.89. The zero-order valence-corrected chi connectivity index (χ0v) is 10.2. The first-order valence-corrected chi connectivity index (χ1v) is 6.19. The van der Waals surface area contributed by atoms with Crippen LogP contribution in [0, 0.1) is 5.92 Å². The van der Waals surface area contributed by atoms with Gasteiger partial charge in [0.15, 0.2) is 0 Å². The van der Waals surface area contributed by atoms with E-state index in [9.17, 15) is 4.79 Å². The van der Waals surface area contributed by atoms with Crippen LogP contribution in [0.3, 0.4) is 0 Å². The molecule has 1 aliphatic rings. The van der Waals surface area contributed by atoms with Crippen molar-refractivity contribution in [2.75, 3.05) is 12.3 Å². The highest BCUT2D eigenvalue weighted by Crippen LogP contribution is 2.27. The second-order valence-corrected chi connectivity index (χ2v) is 4.82. The number of rotatable bonds is 4. The summed E-state index contributed by atoms with van der Waals surface area (Å²) in [6, 6.07) is 7.41. The Bertz CT molecular complexity index is 399. The van der Waals surface area contributed by atoms with Crippen molar-refractivity contribution in [2.45, 2.75) is 32.1 Å². The number of ether oxygens (including phenoxy) is 1. The minimum absolute atomic E-state index is 0.150. The number of esters is 1. The second kappa shape index (κ2) is 5.21. The summed E-state index contributed by atoms with van der Waals surface area (Å²) in [7, 11) is 0. The third-order valence-electron chi connectivity index (χ3n) is 3.45. The van der Waals surface area contributed by atoms with E-state index in [4.69, 9.17) is 10.5 Å². The van der Waals surface area contributed by atoms with Crippen LogP contribution in [0.25, 0.3) is 0 Å². The van der Waals surface area contributed by atoms with Crippen molar-refractivity contribution < 1.29 is 9.53 Å². The molecule has 0 bridgehead atoms. The van der Waals surface area contributed by atoms with Gasteiger partial charge in [-0.1, -0.05) is 18.6 Å². The van der Waals surface area contributed by atoms with Gasteiger partial charge in [0.1, 0.15) is 0 Å². The summed E-state index contributed by atoms with van der Waals surface area (Å²) in [6.07, 6.45) is 3.66. The minimum Gasteiger partial charge on any atom is -0.465 e. The number of nitrogens with two attached hydrogens (primary N) is 1. The van der Waals surface area contributed by atoms with Gasteiger partial charge in [0, 0.05) is 5.69 Å². The number of anilines is 1. The van der Waals surface area contributed by atoms with Crippen molar-refractivity contribution in [3.63, 3.8) is 0 Å². The monoisotopic (exact) mass is 233 g/mol. The average molecular weight is 233 g/mol. The highest BCUT2D eigenvalue weighted by atomic mass is 16.5. The minimum atomic E-state index is -0.237. The normalized spacial score (nSPS) is 17.2. The van der Waals surface area contributed by atoms with Crippen LogP contribution >= 0.6 is 0 Å². The smallest absolute Gasteiger partial charge is 0.313 e. The van der Waals surface area contributed by atoms with Crippen LogP contribution in [-0.2, 0) is 9.53 Å². The van der Waals surface area contributed by atoms with Crippen molar-refractivity contribution in [2.24, 2.45) is 5.92 Å². The molecule has 1 aliphatic carbocycles. The SMILES string of the molecule is CC(C(=O)OCC1CCC1)c1cccc(N)c1. The summed E-state index contributed by atoms with van der Waals surface area (Å²) in [5, 5.41) is 0. The fourth-order valence-corrected chi connectivity index (χ4v) is 1.95. The third kappa shape index (κ3) is 2.99. The lowest BCUT2D eigenvalue weighted by Crippen LogP contribution is -2.22. The van der Waals surface area contributed by atoms with Gasteiger partial charge in [-0.3, -0.25) is 4.79 Å². The first kappa shape index (κ1) is 12.0. The number of hydrogen-bond donors (Lipinski definition) is 1. The van der Waals surface area contributed by atoms with Crippen LogP contribution in [0.15, 0.2) is 24.3 Å². The molecule has 1 atom stereocenters. The maximum atomic E-state index is 11.8. The van der Waals surface area contributed by atoms with E-state index in [0.717, 1.165) is 5.56 Å². The van der Waals surface area contributed by atoms with E-state index >= 15 is 0 Å². The van der Waals surface area contributed by atoms with Gasteiger partial charge in [0.05, 0.1) is 12.5 Å². The number of hydrogen-bond acceptors (Lipinski definition) is 3. The van der Waals surface area contributed by atoms with Crippen molar-refractivity contribution in [3.8, 4) is 0 Å². The summed E-state index contributed by atoms with van der Waals surface area (Å²) in [6.45, 7) is 2.43. The number of carbonyl (C=O) groups is 1. The molecule has 0 radical (unpaired) electrons. The van der Waals surface area contributed by atoms with Gasteiger partial charge >= 0.3 is 5.97 Å². The Hall–Kier alpha value is -1.51. The van der Waals surface area contributed by atoms with E-state index in [1.54, 1.807) is 0 Å². The highest BCUT2D eigenvalue weighted by molar-refractivity contribution is 5.78. The van der Waals surface area contributed by atoms with Crippen molar-refractivity contribution >= 4 is 11.7 Å². The van der Waals surface area contributed by atoms with E-state index in [-0.39, 0.29) is 11.9 Å². The van der Waals surface area contributed by atoms with Gasteiger partial charge in [-0.05, 0) is 43.4 Å². The maximum Gasteiger partial charge on any atom is 0.313 e. The molecule has 2 rings (SSSR count). The predicted octanol–water partition coefficient (Wildman–Crippen LogP) is 2.72. The quantitative estimate of drug-likeness (QED) is 0.642. The standard InChI is InChI=1S/C14H19NO2/c1-10(12-6-3-7-13(15)8-12)14(16)17-9-11-4-2-5-11/h3,6-8,10-11H,2,4-5,9,15H2,1H3. The van der Waals surface area contributed by atoms with Gasteiger partial charge in [-0.25, -0.2) is 0 Å². The molecule has 3 heteroatoms. The fourth-order valence-electron chi connectivity index (χ4n) is 1.95. The summed E-state index contributed by atoms with van der Waals surface area (Å²) >= 11 is 0. The van der Waals surface area contributed by atoms with Crippen LogP contribution in [0.2, 0.25) is 0 Å². The first-order chi connectivity index (χ1) is 8.16. The lowest BCUT2D eigenvalue weighted by molar-refractivity contribution is -0.147. The largest absolute Gasteiger partial charge is 0.465 e. The Morgan fingerprint density at radius 2 is 2.29 bits per heavy atom. The lowest BCUT2D eigenvalue weighted by Gasteiger charge is -2.25. The molecule has 0 aromatic heterocycles. The molecule has 1 fully saturated rings. The van der Waals surface area contributed by atoms with Crippen molar-refractivity contribution in [1.82, 2.24) is 0 Å². The van der Waals surface area contributed by atoms with E-state index < -0.39 is 0 Å². The Morgan fingerprint density at radius 3 is 2.88 bits per heavy atom. The van der Waals surface area contributed by atoms with Gasteiger partial charge in [-0.2, -0.15) is 0 Å². The van der Waals surface area contributed by atoms with Gasteiger partial charge < -0.3 is 10.5 Å². The molecule has 1 unspecified atom stereocenters. The molecular weight excluding hydrogens is 214 g/mol. The van der Waals surface area contributed by atoms with Crippen LogP contribution in [0.4, 0.5) is 5.69 Å². The Kier molecular flexibility index (Phi) is 3.67. The van der Waals surface area contributed by atoms with Crippen molar-refractivity contribution in [3.05, 3.63) is 29.8 Å². The summed E-state index contributed by atoms with van der Waals surface area (Å²) in [5.41, 5.74) is 7.30. The van der Waals surface area contributed by atoms with Gasteiger partial charge in [-0.15, -0.1) is 0 Å². The molecule has 3 nitrogen and oxygen atoms in total. The summed E-state index contributed by atoms with van der Waals surface area (Å²) in [5.74, 6) is 0.202. The van der Waals surface area contributed by atoms with Crippen LogP contribution < -0.4 is 5.73 Å². The molecule has 0 amide bonds. The third-order valence-corrected chi connectivity index (χ3v) is 3.45. The zero-order valence-electron chi connectivity index (χ0n) is 10.2. The molecule has 17 heavy (non-hydrogen) atoms. The molecule has 0 saturated heterocycles. The van der Waals surface area contributed by atoms with Crippen LogP contribution in [0.5, 0.6) is 0 Å². The Morgan fingerprint density at radius 1 is 1.53 bits per heavy atom.